The third-order valence-electron chi connectivity index (χ3n) is 6.39. The van der Waals surface area contributed by atoms with Gasteiger partial charge < -0.3 is 23.8 Å². The van der Waals surface area contributed by atoms with Crippen LogP contribution in [0.4, 0.5) is 5.69 Å². The van der Waals surface area contributed by atoms with Crippen LogP contribution in [0.2, 0.25) is 0 Å². The van der Waals surface area contributed by atoms with Crippen LogP contribution in [0.25, 0.3) is 0 Å². The van der Waals surface area contributed by atoms with Gasteiger partial charge in [-0.15, -0.1) is 0 Å². The first-order valence-corrected chi connectivity index (χ1v) is 11.4. The normalized spacial score (nSPS) is 22.1. The van der Waals surface area contributed by atoms with E-state index in [4.69, 9.17) is 9.47 Å². The molecule has 2 saturated heterocycles. The van der Waals surface area contributed by atoms with Crippen molar-refractivity contribution in [3.8, 4) is 0 Å². The van der Waals surface area contributed by atoms with Crippen LogP contribution in [0.3, 0.4) is 0 Å². The zero-order valence-electron chi connectivity index (χ0n) is 19.5. The van der Waals surface area contributed by atoms with E-state index >= 15 is 0 Å². The maximum absolute atomic E-state index is 13.8. The lowest BCUT2D eigenvalue weighted by atomic mass is 10.1. The molecule has 0 aliphatic carbocycles. The second-order valence-corrected chi connectivity index (χ2v) is 9.05. The van der Waals surface area contributed by atoms with Gasteiger partial charge in [-0.25, -0.2) is 0 Å². The molecule has 1 aromatic carbocycles. The lowest BCUT2D eigenvalue weighted by molar-refractivity contribution is -0.0588. The number of nitrogens with zero attached hydrogens (tertiary/aromatic N) is 3. The van der Waals surface area contributed by atoms with Gasteiger partial charge in [-0.3, -0.25) is 4.79 Å². The van der Waals surface area contributed by atoms with Gasteiger partial charge in [-0.2, -0.15) is 0 Å². The van der Waals surface area contributed by atoms with Crippen molar-refractivity contribution in [3.05, 3.63) is 52.3 Å². The van der Waals surface area contributed by atoms with Gasteiger partial charge in [0.15, 0.2) is 0 Å². The Bertz CT molecular complexity index is 936. The van der Waals surface area contributed by atoms with Gasteiger partial charge in [0, 0.05) is 44.0 Å². The van der Waals surface area contributed by atoms with Crippen molar-refractivity contribution in [2.45, 2.75) is 53.4 Å². The summed E-state index contributed by atoms with van der Waals surface area (Å²) in [7, 11) is 0. The quantitative estimate of drug-likeness (QED) is 0.752. The third-order valence-corrected chi connectivity index (χ3v) is 6.39. The molecule has 6 nitrogen and oxygen atoms in total. The molecule has 31 heavy (non-hydrogen) atoms. The summed E-state index contributed by atoms with van der Waals surface area (Å²) in [4.78, 5) is 18.2. The van der Waals surface area contributed by atoms with Crippen molar-refractivity contribution >= 4 is 11.6 Å². The lowest BCUT2D eigenvalue weighted by Gasteiger charge is -2.35. The van der Waals surface area contributed by atoms with E-state index in [1.54, 1.807) is 0 Å². The number of hydrogen-bond donors (Lipinski definition) is 0. The number of ether oxygens (including phenoxy) is 2. The zero-order valence-corrected chi connectivity index (χ0v) is 19.5. The molecule has 2 aliphatic heterocycles. The molecule has 2 aliphatic rings. The van der Waals surface area contributed by atoms with E-state index in [0.717, 1.165) is 43.3 Å². The molecule has 3 heterocycles. The number of hydrogen-bond acceptors (Lipinski definition) is 4. The maximum Gasteiger partial charge on any atom is 0.271 e. The van der Waals surface area contributed by atoms with E-state index in [-0.39, 0.29) is 18.1 Å². The molecule has 0 bridgehead atoms. The van der Waals surface area contributed by atoms with Gasteiger partial charge in [-0.05, 0) is 40.2 Å². The molecule has 0 N–H and O–H groups in total. The Morgan fingerprint density at radius 2 is 1.74 bits per heavy atom. The molecule has 2 atom stereocenters. The van der Waals surface area contributed by atoms with E-state index in [9.17, 15) is 4.79 Å². The molecule has 1 amide bonds. The van der Waals surface area contributed by atoms with Gasteiger partial charge >= 0.3 is 0 Å². The fraction of sp³-hybridized carbons (Fsp3) is 0.560. The molecule has 0 saturated carbocycles. The number of anilines is 1. The van der Waals surface area contributed by atoms with Crippen LogP contribution in [-0.2, 0) is 16.0 Å². The fourth-order valence-corrected chi connectivity index (χ4v) is 5.09. The molecule has 0 spiro atoms. The number of aromatic nitrogens is 1. The van der Waals surface area contributed by atoms with E-state index in [1.165, 1.54) is 16.8 Å². The first kappa shape index (κ1) is 21.9. The molecule has 2 fully saturated rings. The molecule has 168 valence electrons. The summed E-state index contributed by atoms with van der Waals surface area (Å²) < 4.78 is 13.7. The summed E-state index contributed by atoms with van der Waals surface area (Å²) in [6, 6.07) is 8.55. The lowest BCUT2D eigenvalue weighted by Crippen LogP contribution is -2.48. The largest absolute Gasteiger partial charge is 0.378 e. The van der Waals surface area contributed by atoms with Crippen molar-refractivity contribution in [2.75, 3.05) is 44.3 Å². The zero-order chi connectivity index (χ0) is 22.1. The standard InChI is InChI=1S/C25H35N3O3/c1-17-7-6-8-22(13-17)16-28-21(5)23(26-9-11-30-12-10-26)20(4)24(28)25(29)27-14-18(2)31-19(3)15-27/h6-8,13,18-19H,9-12,14-16H2,1-5H3/t18-,19-/m1/s1. The van der Waals surface area contributed by atoms with Gasteiger partial charge in [0.25, 0.3) is 5.91 Å². The maximum atomic E-state index is 13.8. The van der Waals surface area contributed by atoms with E-state index in [2.05, 4.69) is 54.5 Å². The van der Waals surface area contributed by atoms with Crippen LogP contribution in [0, 0.1) is 20.8 Å². The Hall–Kier alpha value is -2.31. The summed E-state index contributed by atoms with van der Waals surface area (Å²) in [5, 5.41) is 0. The summed E-state index contributed by atoms with van der Waals surface area (Å²) in [6.45, 7) is 15.6. The molecule has 6 heteroatoms. The Morgan fingerprint density at radius 3 is 2.39 bits per heavy atom. The van der Waals surface area contributed by atoms with Gasteiger partial charge in [0.1, 0.15) is 5.69 Å². The number of carbonyl (C=O) groups excluding carboxylic acids is 1. The molecule has 0 unspecified atom stereocenters. The van der Waals surface area contributed by atoms with Crippen LogP contribution >= 0.6 is 0 Å². The number of carbonyl (C=O) groups is 1. The smallest absolute Gasteiger partial charge is 0.271 e. The molecular formula is C25H35N3O3. The Balaban J connectivity index is 1.76. The molecule has 4 rings (SSSR count). The molecule has 1 aromatic heterocycles. The predicted octanol–water partition coefficient (Wildman–Crippen LogP) is 3.55. The highest BCUT2D eigenvalue weighted by atomic mass is 16.5. The summed E-state index contributed by atoms with van der Waals surface area (Å²) in [5.41, 5.74) is 6.67. The van der Waals surface area contributed by atoms with Crippen LogP contribution < -0.4 is 4.90 Å². The van der Waals surface area contributed by atoms with Crippen LogP contribution in [0.1, 0.15) is 46.7 Å². The highest BCUT2D eigenvalue weighted by Gasteiger charge is 2.32. The average molecular weight is 426 g/mol. The highest BCUT2D eigenvalue weighted by Crippen LogP contribution is 2.33. The number of morpholine rings is 2. The van der Waals surface area contributed by atoms with E-state index in [1.807, 2.05) is 18.7 Å². The minimum atomic E-state index is 0.0491. The molecule has 2 aromatic rings. The Labute approximate surface area is 185 Å². The van der Waals surface area contributed by atoms with E-state index < -0.39 is 0 Å². The Kier molecular flexibility index (Phi) is 6.39. The second-order valence-electron chi connectivity index (χ2n) is 9.05. The topological polar surface area (TPSA) is 46.9 Å². The van der Waals surface area contributed by atoms with Crippen LogP contribution in [0.15, 0.2) is 24.3 Å². The van der Waals surface area contributed by atoms with Crippen molar-refractivity contribution in [1.29, 1.82) is 0 Å². The fourth-order valence-electron chi connectivity index (χ4n) is 5.09. The SMILES string of the molecule is Cc1cccc(Cn2c(C)c(N3CCOCC3)c(C)c2C(=O)N2C[C@@H](C)O[C@H](C)C2)c1. The molecule has 0 radical (unpaired) electrons. The summed E-state index contributed by atoms with van der Waals surface area (Å²) in [6.07, 6.45) is 0.0982. The highest BCUT2D eigenvalue weighted by molar-refractivity contribution is 5.97. The monoisotopic (exact) mass is 425 g/mol. The van der Waals surface area contributed by atoms with Crippen molar-refractivity contribution in [3.63, 3.8) is 0 Å². The number of benzene rings is 1. The first-order chi connectivity index (χ1) is 14.8. The number of aryl methyl sites for hydroxylation is 1. The summed E-state index contributed by atoms with van der Waals surface area (Å²) in [5.74, 6) is 0.106. The van der Waals surface area contributed by atoms with Crippen LogP contribution in [0.5, 0.6) is 0 Å². The Morgan fingerprint density at radius 1 is 1.06 bits per heavy atom. The minimum Gasteiger partial charge on any atom is -0.378 e. The van der Waals surface area contributed by atoms with Crippen LogP contribution in [-0.4, -0.2) is 67.0 Å². The van der Waals surface area contributed by atoms with Gasteiger partial charge in [-0.1, -0.05) is 29.8 Å². The van der Waals surface area contributed by atoms with Crippen molar-refractivity contribution in [2.24, 2.45) is 0 Å². The third kappa shape index (κ3) is 4.51. The predicted molar refractivity (Wildman–Crippen MR) is 123 cm³/mol. The number of rotatable bonds is 4. The second kappa shape index (κ2) is 9.05. The van der Waals surface area contributed by atoms with Gasteiger partial charge in [0.2, 0.25) is 0 Å². The van der Waals surface area contributed by atoms with E-state index in [0.29, 0.717) is 19.6 Å². The average Bonchev–Trinajstić information content (AvgIpc) is 2.97. The minimum absolute atomic E-state index is 0.0491. The van der Waals surface area contributed by atoms with Gasteiger partial charge in [0.05, 0.1) is 31.1 Å². The number of amides is 1. The summed E-state index contributed by atoms with van der Waals surface area (Å²) >= 11 is 0. The van der Waals surface area contributed by atoms with Crippen molar-refractivity contribution in [1.82, 2.24) is 9.47 Å². The van der Waals surface area contributed by atoms with Crippen molar-refractivity contribution < 1.29 is 14.3 Å². The first-order valence-electron chi connectivity index (χ1n) is 11.4. The molecular weight excluding hydrogens is 390 g/mol.